The summed E-state index contributed by atoms with van der Waals surface area (Å²) in [5, 5.41) is 3.03. The smallest absolute Gasteiger partial charge is 0.251 e. The number of amides is 1. The van der Waals surface area contributed by atoms with Crippen molar-refractivity contribution in [3.05, 3.63) is 89.0 Å². The van der Waals surface area contributed by atoms with E-state index in [1.165, 1.54) is 0 Å². The van der Waals surface area contributed by atoms with E-state index in [9.17, 15) is 9.59 Å². The first-order valence-corrected chi connectivity index (χ1v) is 9.76. The van der Waals surface area contributed by atoms with Crippen LogP contribution in [0.15, 0.2) is 66.7 Å². The van der Waals surface area contributed by atoms with Crippen molar-refractivity contribution in [3.63, 3.8) is 0 Å². The molecule has 3 aromatic rings. The van der Waals surface area contributed by atoms with Crippen LogP contribution in [-0.4, -0.2) is 24.8 Å². The Kier molecular flexibility index (Phi) is 5.17. The molecule has 4 rings (SSSR count). The number of aryl methyl sites for hydroxylation is 1. The van der Waals surface area contributed by atoms with Gasteiger partial charge in [0, 0.05) is 22.7 Å². The predicted molar refractivity (Wildman–Crippen MR) is 114 cm³/mol. The van der Waals surface area contributed by atoms with Crippen LogP contribution in [0.4, 0.5) is 0 Å². The van der Waals surface area contributed by atoms with Gasteiger partial charge in [0.1, 0.15) is 5.75 Å². The van der Waals surface area contributed by atoms with E-state index in [2.05, 4.69) is 5.32 Å². The first kappa shape index (κ1) is 18.9. The largest absolute Gasteiger partial charge is 0.497 e. The van der Waals surface area contributed by atoms with Crippen LogP contribution in [0, 0.1) is 6.92 Å². The highest BCUT2D eigenvalue weighted by Crippen LogP contribution is 2.27. The molecule has 3 aromatic carbocycles. The van der Waals surface area contributed by atoms with E-state index in [0.717, 1.165) is 29.5 Å². The third-order valence-electron chi connectivity index (χ3n) is 5.20. The molecule has 146 valence electrons. The second-order valence-corrected chi connectivity index (χ2v) is 7.42. The van der Waals surface area contributed by atoms with Gasteiger partial charge in [-0.1, -0.05) is 42.5 Å². The number of carbonyl (C=O) groups excluding carboxylic acids is 2. The van der Waals surface area contributed by atoms with Crippen LogP contribution in [0.3, 0.4) is 0 Å². The van der Waals surface area contributed by atoms with Crippen molar-refractivity contribution in [2.45, 2.75) is 25.8 Å². The summed E-state index contributed by atoms with van der Waals surface area (Å²) in [5.41, 5.74) is 4.92. The lowest BCUT2D eigenvalue weighted by atomic mass is 9.95. The number of ether oxygens (including phenoxy) is 1. The molecule has 0 unspecified atom stereocenters. The molecule has 4 heteroatoms. The van der Waals surface area contributed by atoms with Crippen molar-refractivity contribution in [1.29, 1.82) is 0 Å². The lowest BCUT2D eigenvalue weighted by molar-refractivity contribution is 0.0950. The molecule has 1 aliphatic carbocycles. The zero-order valence-corrected chi connectivity index (χ0v) is 16.6. The second kappa shape index (κ2) is 7.92. The van der Waals surface area contributed by atoms with Crippen LogP contribution in [0.2, 0.25) is 0 Å². The normalized spacial score (nSPS) is 13.0. The lowest BCUT2D eigenvalue weighted by Gasteiger charge is -2.11. The molecule has 0 aromatic heterocycles. The van der Waals surface area contributed by atoms with E-state index in [1.807, 2.05) is 61.5 Å². The highest BCUT2D eigenvalue weighted by molar-refractivity contribution is 6.09. The van der Waals surface area contributed by atoms with Gasteiger partial charge in [0.25, 0.3) is 5.91 Å². The molecule has 0 radical (unpaired) electrons. The minimum atomic E-state index is -0.0512. The monoisotopic (exact) mass is 385 g/mol. The van der Waals surface area contributed by atoms with Crippen molar-refractivity contribution < 1.29 is 14.3 Å². The quantitative estimate of drug-likeness (QED) is 0.621. The number of rotatable bonds is 6. The molecule has 29 heavy (non-hydrogen) atoms. The SMILES string of the molecule is COc1cccc(C(=O)c2ccc(-c3cc(C(=O)NC4CC4)ccc3C)cc2)c1. The van der Waals surface area contributed by atoms with Crippen LogP contribution in [0.1, 0.15) is 44.7 Å². The van der Waals surface area contributed by atoms with Crippen LogP contribution < -0.4 is 10.1 Å². The second-order valence-electron chi connectivity index (χ2n) is 7.42. The minimum absolute atomic E-state index is 0.0291. The zero-order chi connectivity index (χ0) is 20.4. The fourth-order valence-electron chi connectivity index (χ4n) is 3.30. The number of hydrogen-bond donors (Lipinski definition) is 1. The molecule has 1 aliphatic rings. The van der Waals surface area contributed by atoms with E-state index in [0.29, 0.717) is 28.5 Å². The lowest BCUT2D eigenvalue weighted by Crippen LogP contribution is -2.25. The molecule has 1 saturated carbocycles. The number of hydrogen-bond acceptors (Lipinski definition) is 3. The molecule has 1 fully saturated rings. The Morgan fingerprint density at radius 3 is 2.31 bits per heavy atom. The Labute approximate surface area is 170 Å². The summed E-state index contributed by atoms with van der Waals surface area (Å²) in [6.07, 6.45) is 2.13. The molecular formula is C25H23NO3. The Bertz CT molecular complexity index is 1070. The summed E-state index contributed by atoms with van der Waals surface area (Å²) in [6.45, 7) is 2.02. The average Bonchev–Trinajstić information content (AvgIpc) is 3.57. The highest BCUT2D eigenvalue weighted by atomic mass is 16.5. The van der Waals surface area contributed by atoms with Crippen LogP contribution in [0.25, 0.3) is 11.1 Å². The van der Waals surface area contributed by atoms with E-state index in [1.54, 1.807) is 19.2 Å². The average molecular weight is 385 g/mol. The standard InChI is InChI=1S/C25H23NO3/c1-16-6-7-20(25(28)26-21-12-13-21)15-23(16)17-8-10-18(11-9-17)24(27)19-4-3-5-22(14-19)29-2/h3-11,14-15,21H,12-13H2,1-2H3,(H,26,28). The van der Waals surface area contributed by atoms with Gasteiger partial charge in [-0.3, -0.25) is 9.59 Å². The Hall–Kier alpha value is -3.40. The summed E-state index contributed by atoms with van der Waals surface area (Å²) < 4.78 is 5.20. The summed E-state index contributed by atoms with van der Waals surface area (Å²) >= 11 is 0. The van der Waals surface area contributed by atoms with E-state index >= 15 is 0 Å². The van der Waals surface area contributed by atoms with Crippen molar-refractivity contribution in [1.82, 2.24) is 5.32 Å². The summed E-state index contributed by atoms with van der Waals surface area (Å²) in [4.78, 5) is 25.1. The molecule has 0 heterocycles. The van der Waals surface area contributed by atoms with Gasteiger partial charge in [0.15, 0.2) is 5.78 Å². The van der Waals surface area contributed by atoms with Gasteiger partial charge in [-0.25, -0.2) is 0 Å². The number of ketones is 1. The van der Waals surface area contributed by atoms with Crippen molar-refractivity contribution >= 4 is 11.7 Å². The van der Waals surface area contributed by atoms with Crippen LogP contribution >= 0.6 is 0 Å². The zero-order valence-electron chi connectivity index (χ0n) is 16.6. The maximum atomic E-state index is 12.8. The number of methoxy groups -OCH3 is 1. The third kappa shape index (κ3) is 4.21. The molecule has 0 aliphatic heterocycles. The molecule has 1 N–H and O–H groups in total. The molecule has 1 amide bonds. The Morgan fingerprint density at radius 2 is 1.62 bits per heavy atom. The molecule has 0 bridgehead atoms. The molecule has 0 atom stereocenters. The number of benzene rings is 3. The first-order valence-electron chi connectivity index (χ1n) is 9.76. The minimum Gasteiger partial charge on any atom is -0.497 e. The third-order valence-corrected chi connectivity index (χ3v) is 5.20. The van der Waals surface area contributed by atoms with Gasteiger partial charge in [-0.2, -0.15) is 0 Å². The predicted octanol–water partition coefficient (Wildman–Crippen LogP) is 4.79. The fourth-order valence-corrected chi connectivity index (χ4v) is 3.30. The fraction of sp³-hybridized carbons (Fsp3) is 0.200. The van der Waals surface area contributed by atoms with Gasteiger partial charge in [-0.15, -0.1) is 0 Å². The molecule has 4 nitrogen and oxygen atoms in total. The van der Waals surface area contributed by atoms with E-state index in [4.69, 9.17) is 4.74 Å². The van der Waals surface area contributed by atoms with Crippen molar-refractivity contribution in [2.24, 2.45) is 0 Å². The van der Waals surface area contributed by atoms with Crippen LogP contribution in [-0.2, 0) is 0 Å². The van der Waals surface area contributed by atoms with Gasteiger partial charge in [0.05, 0.1) is 7.11 Å². The maximum Gasteiger partial charge on any atom is 0.251 e. The topological polar surface area (TPSA) is 55.4 Å². The molecule has 0 spiro atoms. The Morgan fingerprint density at radius 1 is 0.897 bits per heavy atom. The van der Waals surface area contributed by atoms with Gasteiger partial charge < -0.3 is 10.1 Å². The maximum absolute atomic E-state index is 12.8. The van der Waals surface area contributed by atoms with Crippen molar-refractivity contribution in [2.75, 3.05) is 7.11 Å². The van der Waals surface area contributed by atoms with Gasteiger partial charge >= 0.3 is 0 Å². The summed E-state index contributed by atoms with van der Waals surface area (Å²) in [6, 6.07) is 20.7. The molecule has 0 saturated heterocycles. The van der Waals surface area contributed by atoms with E-state index in [-0.39, 0.29) is 11.7 Å². The van der Waals surface area contributed by atoms with Gasteiger partial charge in [-0.05, 0) is 60.7 Å². The van der Waals surface area contributed by atoms with Crippen molar-refractivity contribution in [3.8, 4) is 16.9 Å². The first-order chi connectivity index (χ1) is 14.0. The summed E-state index contributed by atoms with van der Waals surface area (Å²) in [5.74, 6) is 0.577. The van der Waals surface area contributed by atoms with E-state index < -0.39 is 0 Å². The number of nitrogens with one attached hydrogen (secondary N) is 1. The highest BCUT2D eigenvalue weighted by Gasteiger charge is 2.24. The van der Waals surface area contributed by atoms with Gasteiger partial charge in [0.2, 0.25) is 0 Å². The number of carbonyl (C=O) groups is 2. The molecular weight excluding hydrogens is 362 g/mol. The summed E-state index contributed by atoms with van der Waals surface area (Å²) in [7, 11) is 1.58. The Balaban J connectivity index is 1.58. The van der Waals surface area contributed by atoms with Crippen LogP contribution in [0.5, 0.6) is 5.75 Å².